The van der Waals surface area contributed by atoms with E-state index < -0.39 is 0 Å². The molecule has 0 aromatic heterocycles. The normalized spacial score (nSPS) is 8.67. The molecule has 0 saturated carbocycles. The summed E-state index contributed by atoms with van der Waals surface area (Å²) in [5.74, 6) is 0. The topological polar surface area (TPSA) is 6.48 Å². The Morgan fingerprint density at radius 3 is 0.788 bits per heavy atom. The molecule has 0 spiro atoms. The average Bonchev–Trinajstić information content (AvgIpc) is 2.66. The van der Waals surface area contributed by atoms with Gasteiger partial charge in [-0.25, -0.2) is 0 Å². The summed E-state index contributed by atoms with van der Waals surface area (Å²) in [5, 5.41) is 0. The fraction of sp³-hybridized carbons (Fsp3) is 0.909. The summed E-state index contributed by atoms with van der Waals surface area (Å²) < 4.78 is 1.52. The van der Waals surface area contributed by atoms with E-state index in [1.807, 2.05) is 0 Å². The van der Waals surface area contributed by atoms with Crippen molar-refractivity contribution in [2.75, 3.05) is 26.2 Å². The Balaban J connectivity index is -0.0000000712. The number of rotatable bonds is 16. The Kier molecular flexibility index (Phi) is 67.0. The van der Waals surface area contributed by atoms with Gasteiger partial charge in [-0.05, 0) is 25.7 Å². The van der Waals surface area contributed by atoms with Crippen LogP contribution in [0.2, 0.25) is 0 Å². The molecule has 0 aliphatic carbocycles. The van der Waals surface area contributed by atoms with Gasteiger partial charge in [0, 0.05) is 26.2 Å². The Labute approximate surface area is 281 Å². The quantitative estimate of drug-likeness (QED) is 0.0727. The molecule has 0 heterocycles. The molecule has 184 valence electrons. The molecule has 33 heavy (non-hydrogen) atoms. The minimum Gasteiger partial charge on any atom is -2.00 e. The van der Waals surface area contributed by atoms with E-state index in [9.17, 15) is 0 Å². The van der Waals surface area contributed by atoms with Gasteiger partial charge >= 0.3 is 58.4 Å². The van der Waals surface area contributed by atoms with Gasteiger partial charge in [0.1, 0.15) is 8.64 Å². The first kappa shape index (κ1) is 52.5. The molecule has 0 amide bonds. The van der Waals surface area contributed by atoms with Gasteiger partial charge in [0.05, 0.1) is 0 Å². The van der Waals surface area contributed by atoms with E-state index in [0.717, 1.165) is 34.8 Å². The molecule has 0 aliphatic heterocycles. The van der Waals surface area contributed by atoms with Crippen molar-refractivity contribution in [1.29, 1.82) is 0 Å². The van der Waals surface area contributed by atoms with Crippen molar-refractivity contribution < 1.29 is 58.4 Å². The summed E-state index contributed by atoms with van der Waals surface area (Å²) in [6.45, 7) is 13.2. The van der Waals surface area contributed by atoms with Crippen molar-refractivity contribution in [3.05, 3.63) is 0 Å². The summed E-state index contributed by atoms with van der Waals surface area (Å²) in [5.41, 5.74) is 0. The van der Waals surface area contributed by atoms with E-state index in [1.54, 1.807) is 0 Å². The van der Waals surface area contributed by atoms with Gasteiger partial charge in [0.15, 0.2) is 0 Å². The predicted octanol–water partition coefficient (Wildman–Crippen LogP) is 7.75. The van der Waals surface area contributed by atoms with Gasteiger partial charge in [-0.3, -0.25) is 0 Å². The molecule has 2 nitrogen and oxygen atoms in total. The van der Waals surface area contributed by atoms with Crippen LogP contribution >= 0.6 is 49.7 Å². The molecule has 11 heteroatoms. The van der Waals surface area contributed by atoms with Gasteiger partial charge in [0.25, 0.3) is 0 Å². The van der Waals surface area contributed by atoms with Crippen LogP contribution in [0.25, 0.3) is 0 Å². The largest absolute Gasteiger partial charge is 2.00 e. The van der Waals surface area contributed by atoms with Crippen LogP contribution in [0.1, 0.15) is 105 Å². The Hall–Kier alpha value is 3.05. The molecule has 0 aliphatic rings. The molecule has 0 atom stereocenters. The fourth-order valence-corrected chi connectivity index (χ4v) is 3.58. The van der Waals surface area contributed by atoms with Gasteiger partial charge < -0.3 is 36.8 Å². The zero-order valence-corrected chi connectivity index (χ0v) is 35.8. The van der Waals surface area contributed by atoms with E-state index in [-0.39, 0.29) is 85.4 Å². The third-order valence-electron chi connectivity index (χ3n) is 4.67. The molecule has 0 rings (SSSR count). The molecule has 0 radical (unpaired) electrons. The zero-order chi connectivity index (χ0) is 21.6. The maximum Gasteiger partial charge on any atom is 2.00 e. The second kappa shape index (κ2) is 42.2. The van der Waals surface area contributed by atoms with Crippen LogP contribution in [0.4, 0.5) is 0 Å². The standard InChI is InChI=1S/2C11H23NS2.2S.3Zn/c2*1-3-5-7-9-12(11(13)14)10-8-6-4-2;;;;;/h2*3-10H2,1-2H3,(H,13,14);;;;;/q;;2*-2;3*+2. The SMILES string of the molecule is CCCCCN(CCCCC)C(=S)S.CCCCCN(CCCCC)C(=S)S.[S-2].[S-2].[Zn+2].[Zn+2].[Zn+2]. The second-order valence-corrected chi connectivity index (χ2v) is 9.59. The first-order chi connectivity index (χ1) is 13.4. The van der Waals surface area contributed by atoms with E-state index in [4.69, 9.17) is 24.4 Å². The van der Waals surface area contributed by atoms with Crippen LogP contribution in [0.3, 0.4) is 0 Å². The first-order valence-corrected chi connectivity index (χ1v) is 13.1. The summed E-state index contributed by atoms with van der Waals surface area (Å²) >= 11 is 18.7. The summed E-state index contributed by atoms with van der Waals surface area (Å²) in [6.07, 6.45) is 15.2. The van der Waals surface area contributed by atoms with Crippen LogP contribution in [0.15, 0.2) is 0 Å². The van der Waals surface area contributed by atoms with E-state index in [0.29, 0.717) is 0 Å². The molecule has 0 aromatic rings. The van der Waals surface area contributed by atoms with Crippen molar-refractivity contribution in [2.45, 2.75) is 105 Å². The number of unbranched alkanes of at least 4 members (excludes halogenated alkanes) is 8. The first-order valence-electron chi connectivity index (χ1n) is 11.4. The predicted molar refractivity (Wildman–Crippen MR) is 159 cm³/mol. The third kappa shape index (κ3) is 39.7. The van der Waals surface area contributed by atoms with Crippen LogP contribution in [0.5, 0.6) is 0 Å². The Morgan fingerprint density at radius 1 is 0.485 bits per heavy atom. The van der Waals surface area contributed by atoms with Gasteiger partial charge in [-0.15, -0.1) is 25.3 Å². The molecule has 0 N–H and O–H groups in total. The fourth-order valence-electron chi connectivity index (χ4n) is 2.82. The maximum atomic E-state index is 5.11. The van der Waals surface area contributed by atoms with Gasteiger partial charge in [-0.1, -0.05) is 103 Å². The van der Waals surface area contributed by atoms with Crippen LogP contribution < -0.4 is 0 Å². The molecule has 0 aromatic carbocycles. The second-order valence-electron chi connectivity index (χ2n) is 7.37. The maximum absolute atomic E-state index is 5.11. The Morgan fingerprint density at radius 2 is 0.667 bits per heavy atom. The smallest absolute Gasteiger partial charge is 2.00 e. The van der Waals surface area contributed by atoms with Crippen LogP contribution in [-0.2, 0) is 85.4 Å². The van der Waals surface area contributed by atoms with Crippen molar-refractivity contribution in [3.8, 4) is 0 Å². The molecule has 0 saturated heterocycles. The monoisotopic (exact) mass is 722 g/mol. The van der Waals surface area contributed by atoms with E-state index in [2.05, 4.69) is 62.8 Å². The van der Waals surface area contributed by atoms with Crippen molar-refractivity contribution in [3.63, 3.8) is 0 Å². The number of thiol groups is 2. The molecule has 0 unspecified atom stereocenters. The number of nitrogens with zero attached hydrogens (tertiary/aromatic N) is 2. The third-order valence-corrected chi connectivity index (χ3v) is 5.75. The summed E-state index contributed by atoms with van der Waals surface area (Å²) in [6, 6.07) is 0. The van der Waals surface area contributed by atoms with E-state index in [1.165, 1.54) is 77.0 Å². The minimum absolute atomic E-state index is 0. The molecular formula is C22H46N2S6Zn3+2. The number of hydrogen-bond donors (Lipinski definition) is 2. The van der Waals surface area contributed by atoms with Gasteiger partial charge in [-0.2, -0.15) is 0 Å². The van der Waals surface area contributed by atoms with Crippen molar-refractivity contribution in [2.24, 2.45) is 0 Å². The van der Waals surface area contributed by atoms with Crippen molar-refractivity contribution >= 4 is 85.3 Å². The summed E-state index contributed by atoms with van der Waals surface area (Å²) in [4.78, 5) is 4.45. The molecule has 0 fully saturated rings. The number of hydrogen-bond acceptors (Lipinski definition) is 2. The number of thiocarbonyl (C=S) groups is 2. The van der Waals surface area contributed by atoms with Crippen LogP contribution in [0, 0.1) is 0 Å². The van der Waals surface area contributed by atoms with Crippen molar-refractivity contribution in [1.82, 2.24) is 9.80 Å². The molecule has 0 bridgehead atoms. The molecular weight excluding hydrogens is 681 g/mol. The van der Waals surface area contributed by atoms with Crippen LogP contribution in [-0.4, -0.2) is 44.6 Å². The Bertz CT molecular complexity index is 330. The average molecular weight is 727 g/mol. The summed E-state index contributed by atoms with van der Waals surface area (Å²) in [7, 11) is 0. The zero-order valence-electron chi connectivity index (χ0n) is 21.9. The van der Waals surface area contributed by atoms with E-state index >= 15 is 0 Å². The van der Waals surface area contributed by atoms with Gasteiger partial charge in [0.2, 0.25) is 0 Å². The minimum atomic E-state index is 0.